The van der Waals surface area contributed by atoms with Crippen molar-refractivity contribution in [2.45, 2.75) is 41.2 Å². The number of nitrogens with zero attached hydrogens (tertiary/aromatic N) is 1. The Kier molecular flexibility index (Phi) is 7.57. The van der Waals surface area contributed by atoms with Crippen LogP contribution in [0.2, 0.25) is 0 Å². The highest BCUT2D eigenvalue weighted by atomic mass is 16.2. The van der Waals surface area contributed by atoms with Crippen LogP contribution in [0.15, 0.2) is 30.3 Å². The SMILES string of the molecule is Cc1ccc(CN(C)C(=O)C[NH+](C)CC(=O)Nc2c(C)cc(C)cc2C)c(C)c1. The fourth-order valence-corrected chi connectivity index (χ4v) is 3.66. The molecule has 0 aliphatic carbocycles. The number of likely N-dealkylation sites (N-methyl/N-ethyl adjacent to an activating group) is 2. The van der Waals surface area contributed by atoms with E-state index >= 15 is 0 Å². The molecule has 0 saturated heterocycles. The van der Waals surface area contributed by atoms with Crippen LogP contribution in [0.1, 0.15) is 33.4 Å². The van der Waals surface area contributed by atoms with Crippen molar-refractivity contribution >= 4 is 17.5 Å². The quantitative estimate of drug-likeness (QED) is 0.755. The van der Waals surface area contributed by atoms with E-state index in [1.165, 1.54) is 16.7 Å². The second-order valence-electron chi connectivity index (χ2n) is 8.31. The van der Waals surface area contributed by atoms with Gasteiger partial charge in [-0.1, -0.05) is 41.5 Å². The van der Waals surface area contributed by atoms with Crippen molar-refractivity contribution in [3.8, 4) is 0 Å². The molecule has 2 aromatic carbocycles. The number of nitrogens with one attached hydrogen (secondary N) is 2. The van der Waals surface area contributed by atoms with Gasteiger partial charge in [0.1, 0.15) is 0 Å². The summed E-state index contributed by atoms with van der Waals surface area (Å²) in [6.07, 6.45) is 0. The number of rotatable bonds is 7. The van der Waals surface area contributed by atoms with E-state index in [9.17, 15) is 9.59 Å². The fraction of sp³-hybridized carbons (Fsp3) is 0.417. The zero-order chi connectivity index (χ0) is 21.7. The molecule has 0 spiro atoms. The van der Waals surface area contributed by atoms with E-state index in [0.29, 0.717) is 6.54 Å². The largest absolute Gasteiger partial charge is 0.337 e. The van der Waals surface area contributed by atoms with Crippen LogP contribution < -0.4 is 10.2 Å². The summed E-state index contributed by atoms with van der Waals surface area (Å²) >= 11 is 0. The number of quaternary nitrogens is 1. The highest BCUT2D eigenvalue weighted by molar-refractivity contribution is 5.93. The standard InChI is InChI=1S/C24H33N3O2/c1-16-8-9-21(18(3)10-16)13-27(7)23(29)15-26(6)14-22(28)25-24-19(4)11-17(2)12-20(24)5/h8-12H,13-15H2,1-7H3,(H,25,28)/p+1. The van der Waals surface area contributed by atoms with E-state index in [4.69, 9.17) is 0 Å². The molecule has 0 aliphatic rings. The highest BCUT2D eigenvalue weighted by Gasteiger charge is 2.19. The van der Waals surface area contributed by atoms with Crippen molar-refractivity contribution < 1.29 is 14.5 Å². The van der Waals surface area contributed by atoms with Gasteiger partial charge in [-0.15, -0.1) is 0 Å². The molecular weight excluding hydrogens is 362 g/mol. The Morgan fingerprint density at radius 2 is 1.48 bits per heavy atom. The molecule has 0 fully saturated rings. The summed E-state index contributed by atoms with van der Waals surface area (Å²) < 4.78 is 0. The van der Waals surface area contributed by atoms with Crippen LogP contribution in [0.4, 0.5) is 5.69 Å². The third kappa shape index (κ3) is 6.43. The molecule has 156 valence electrons. The molecule has 2 rings (SSSR count). The lowest BCUT2D eigenvalue weighted by Gasteiger charge is -2.21. The van der Waals surface area contributed by atoms with Gasteiger partial charge in [-0.2, -0.15) is 0 Å². The third-order valence-electron chi connectivity index (χ3n) is 5.19. The van der Waals surface area contributed by atoms with Gasteiger partial charge >= 0.3 is 0 Å². The normalized spacial score (nSPS) is 11.8. The van der Waals surface area contributed by atoms with Crippen molar-refractivity contribution in [2.24, 2.45) is 0 Å². The fourth-order valence-electron chi connectivity index (χ4n) is 3.66. The molecule has 2 aromatic rings. The Bertz CT molecular complexity index is 882. The smallest absolute Gasteiger partial charge is 0.279 e. The van der Waals surface area contributed by atoms with Crippen LogP contribution in [0.25, 0.3) is 0 Å². The molecule has 5 nitrogen and oxygen atoms in total. The average Bonchev–Trinajstić information content (AvgIpc) is 2.60. The molecular formula is C24H34N3O2+. The highest BCUT2D eigenvalue weighted by Crippen LogP contribution is 2.21. The first-order chi connectivity index (χ1) is 13.6. The van der Waals surface area contributed by atoms with E-state index in [1.807, 2.05) is 34.9 Å². The van der Waals surface area contributed by atoms with E-state index < -0.39 is 0 Å². The van der Waals surface area contributed by atoms with Crippen molar-refractivity contribution in [1.29, 1.82) is 0 Å². The molecule has 0 saturated carbocycles. The van der Waals surface area contributed by atoms with Crippen LogP contribution in [-0.2, 0) is 16.1 Å². The van der Waals surface area contributed by atoms with E-state index in [2.05, 4.69) is 49.5 Å². The van der Waals surface area contributed by atoms with Crippen LogP contribution in [0, 0.1) is 34.6 Å². The monoisotopic (exact) mass is 396 g/mol. The van der Waals surface area contributed by atoms with Gasteiger partial charge in [0.2, 0.25) is 0 Å². The first kappa shape index (κ1) is 22.6. The van der Waals surface area contributed by atoms with Gasteiger partial charge in [0.15, 0.2) is 13.1 Å². The molecule has 29 heavy (non-hydrogen) atoms. The van der Waals surface area contributed by atoms with Gasteiger partial charge in [-0.05, 0) is 56.9 Å². The van der Waals surface area contributed by atoms with Crippen molar-refractivity contribution in [3.05, 3.63) is 63.7 Å². The molecule has 2 N–H and O–H groups in total. The minimum Gasteiger partial charge on any atom is -0.337 e. The Morgan fingerprint density at radius 3 is 2.07 bits per heavy atom. The van der Waals surface area contributed by atoms with E-state index in [-0.39, 0.29) is 24.9 Å². The summed E-state index contributed by atoms with van der Waals surface area (Å²) in [5.74, 6) is -0.0552. The Balaban J connectivity index is 1.90. The van der Waals surface area contributed by atoms with Crippen LogP contribution in [0.3, 0.4) is 0 Å². The molecule has 0 aromatic heterocycles. The average molecular weight is 397 g/mol. The molecule has 5 heteroatoms. The van der Waals surface area contributed by atoms with Gasteiger partial charge in [0, 0.05) is 19.3 Å². The van der Waals surface area contributed by atoms with Crippen LogP contribution in [0.5, 0.6) is 0 Å². The number of carbonyl (C=O) groups excluding carboxylic acids is 2. The number of benzene rings is 2. The van der Waals surface area contributed by atoms with Gasteiger partial charge in [0.25, 0.3) is 11.8 Å². The summed E-state index contributed by atoms with van der Waals surface area (Å²) in [6.45, 7) is 11.3. The number of hydrogen-bond acceptors (Lipinski definition) is 2. The lowest BCUT2D eigenvalue weighted by molar-refractivity contribution is -0.862. The van der Waals surface area contributed by atoms with E-state index in [0.717, 1.165) is 27.3 Å². The maximum Gasteiger partial charge on any atom is 0.279 e. The summed E-state index contributed by atoms with van der Waals surface area (Å²) in [4.78, 5) is 27.7. The van der Waals surface area contributed by atoms with Gasteiger partial charge < -0.3 is 15.1 Å². The lowest BCUT2D eigenvalue weighted by Crippen LogP contribution is -3.11. The molecule has 0 radical (unpaired) electrons. The zero-order valence-corrected chi connectivity index (χ0v) is 18.8. The summed E-state index contributed by atoms with van der Waals surface area (Å²) in [5.41, 5.74) is 7.70. The molecule has 0 aliphatic heterocycles. The first-order valence-corrected chi connectivity index (χ1v) is 10.1. The van der Waals surface area contributed by atoms with Crippen molar-refractivity contribution in [3.63, 3.8) is 0 Å². The Hall–Kier alpha value is -2.66. The minimum absolute atomic E-state index is 0.0259. The third-order valence-corrected chi connectivity index (χ3v) is 5.19. The molecule has 1 unspecified atom stereocenters. The second kappa shape index (κ2) is 9.70. The predicted octanol–water partition coefficient (Wildman–Crippen LogP) is 2.34. The predicted molar refractivity (Wildman–Crippen MR) is 118 cm³/mol. The minimum atomic E-state index is -0.0811. The number of aryl methyl sites for hydroxylation is 5. The van der Waals surface area contributed by atoms with Crippen molar-refractivity contribution in [2.75, 3.05) is 32.5 Å². The van der Waals surface area contributed by atoms with Crippen LogP contribution >= 0.6 is 0 Å². The van der Waals surface area contributed by atoms with E-state index in [1.54, 1.807) is 4.90 Å². The Morgan fingerprint density at radius 1 is 0.897 bits per heavy atom. The van der Waals surface area contributed by atoms with Gasteiger partial charge in [0.05, 0.1) is 7.05 Å². The number of carbonyl (C=O) groups is 2. The second-order valence-corrected chi connectivity index (χ2v) is 8.31. The lowest BCUT2D eigenvalue weighted by atomic mass is 10.1. The maximum absolute atomic E-state index is 12.6. The summed E-state index contributed by atoms with van der Waals surface area (Å²) in [7, 11) is 3.69. The topological polar surface area (TPSA) is 53.9 Å². The first-order valence-electron chi connectivity index (χ1n) is 10.1. The molecule has 0 bridgehead atoms. The summed E-state index contributed by atoms with van der Waals surface area (Å²) in [5, 5.41) is 3.01. The molecule has 1 atom stereocenters. The Labute approximate surface area is 174 Å². The number of anilines is 1. The maximum atomic E-state index is 12.6. The van der Waals surface area contributed by atoms with Gasteiger partial charge in [-0.25, -0.2) is 0 Å². The zero-order valence-electron chi connectivity index (χ0n) is 18.8. The number of amides is 2. The molecule has 2 amide bonds. The van der Waals surface area contributed by atoms with Gasteiger partial charge in [-0.3, -0.25) is 9.59 Å². The molecule has 0 heterocycles. The number of hydrogen-bond donors (Lipinski definition) is 2. The summed E-state index contributed by atoms with van der Waals surface area (Å²) in [6, 6.07) is 10.4. The van der Waals surface area contributed by atoms with Crippen LogP contribution in [-0.4, -0.2) is 43.9 Å². The van der Waals surface area contributed by atoms with Crippen molar-refractivity contribution in [1.82, 2.24) is 4.90 Å².